The highest BCUT2D eigenvalue weighted by Crippen LogP contribution is 2.29. The predicted octanol–water partition coefficient (Wildman–Crippen LogP) is 4.04. The summed E-state index contributed by atoms with van der Waals surface area (Å²) in [6.45, 7) is 0. The van der Waals surface area contributed by atoms with Crippen LogP contribution in [0.2, 0.25) is 5.15 Å². The van der Waals surface area contributed by atoms with Gasteiger partial charge in [0.25, 0.3) is 0 Å². The van der Waals surface area contributed by atoms with Crippen LogP contribution in [0.4, 0.5) is 5.95 Å². The third-order valence-corrected chi connectivity index (χ3v) is 3.31. The van der Waals surface area contributed by atoms with Crippen LogP contribution in [-0.4, -0.2) is 9.97 Å². The van der Waals surface area contributed by atoms with Crippen molar-refractivity contribution in [3.8, 4) is 35.3 Å². The van der Waals surface area contributed by atoms with Gasteiger partial charge in [-0.05, 0) is 30.3 Å². The van der Waals surface area contributed by atoms with E-state index in [1.165, 1.54) is 12.1 Å². The Morgan fingerprint density at radius 1 is 0.846 bits per heavy atom. The molecule has 3 aromatic rings. The monoisotopic (exact) mass is 363 g/mol. The number of rotatable bonds is 4. The SMILES string of the molecule is N#Cc1cc(C#N)cc(Oc2cccc(Oc3cc(Cl)nc(N)n3)c2)c1. The van der Waals surface area contributed by atoms with Crippen molar-refractivity contribution in [1.82, 2.24) is 9.97 Å². The number of aromatic nitrogens is 2. The van der Waals surface area contributed by atoms with E-state index in [-0.39, 0.29) is 17.0 Å². The van der Waals surface area contributed by atoms with Crippen molar-refractivity contribution in [2.24, 2.45) is 0 Å². The van der Waals surface area contributed by atoms with Gasteiger partial charge in [-0.15, -0.1) is 0 Å². The Labute approximate surface area is 153 Å². The molecule has 0 spiro atoms. The van der Waals surface area contributed by atoms with E-state index >= 15 is 0 Å². The van der Waals surface area contributed by atoms with Crippen molar-refractivity contribution in [3.05, 3.63) is 64.8 Å². The highest BCUT2D eigenvalue weighted by molar-refractivity contribution is 6.29. The van der Waals surface area contributed by atoms with Gasteiger partial charge in [0.1, 0.15) is 22.4 Å². The predicted molar refractivity (Wildman–Crippen MR) is 93.9 cm³/mol. The molecule has 0 radical (unpaired) electrons. The lowest BCUT2D eigenvalue weighted by molar-refractivity contribution is 0.449. The highest BCUT2D eigenvalue weighted by atomic mass is 35.5. The molecule has 3 rings (SSSR count). The summed E-state index contributed by atoms with van der Waals surface area (Å²) in [5.41, 5.74) is 6.20. The number of hydrogen-bond acceptors (Lipinski definition) is 7. The van der Waals surface area contributed by atoms with Gasteiger partial charge in [0.2, 0.25) is 11.8 Å². The Kier molecular flexibility index (Phi) is 4.84. The fourth-order valence-electron chi connectivity index (χ4n) is 2.11. The Hall–Kier alpha value is -3.81. The van der Waals surface area contributed by atoms with Crippen molar-refractivity contribution >= 4 is 17.5 Å². The smallest absolute Gasteiger partial charge is 0.225 e. The van der Waals surface area contributed by atoms with Crippen LogP contribution in [0.15, 0.2) is 48.5 Å². The van der Waals surface area contributed by atoms with Crippen LogP contribution in [-0.2, 0) is 0 Å². The van der Waals surface area contributed by atoms with Crippen molar-refractivity contribution in [1.29, 1.82) is 10.5 Å². The average molecular weight is 364 g/mol. The van der Waals surface area contributed by atoms with Crippen LogP contribution >= 0.6 is 11.6 Å². The molecule has 0 saturated carbocycles. The van der Waals surface area contributed by atoms with Gasteiger partial charge in [0, 0.05) is 12.1 Å². The summed E-state index contributed by atoms with van der Waals surface area (Å²) in [7, 11) is 0. The van der Waals surface area contributed by atoms with E-state index in [1.807, 2.05) is 12.1 Å². The van der Waals surface area contributed by atoms with Crippen LogP contribution < -0.4 is 15.2 Å². The zero-order valence-electron chi connectivity index (χ0n) is 13.2. The maximum Gasteiger partial charge on any atom is 0.225 e. The van der Waals surface area contributed by atoms with E-state index in [2.05, 4.69) is 9.97 Å². The number of hydrogen-bond donors (Lipinski definition) is 1. The molecule has 0 amide bonds. The number of benzene rings is 2. The molecule has 0 atom stereocenters. The third kappa shape index (κ3) is 4.18. The lowest BCUT2D eigenvalue weighted by atomic mass is 10.1. The third-order valence-electron chi connectivity index (χ3n) is 3.12. The number of ether oxygens (including phenoxy) is 2. The molecule has 26 heavy (non-hydrogen) atoms. The molecule has 0 saturated heterocycles. The highest BCUT2D eigenvalue weighted by Gasteiger charge is 2.07. The first-order chi connectivity index (χ1) is 12.6. The van der Waals surface area contributed by atoms with Gasteiger partial charge in [-0.1, -0.05) is 17.7 Å². The van der Waals surface area contributed by atoms with Crippen LogP contribution in [0.5, 0.6) is 23.1 Å². The van der Waals surface area contributed by atoms with Crippen LogP contribution in [0.1, 0.15) is 11.1 Å². The second-order valence-corrected chi connectivity index (χ2v) is 5.42. The second kappa shape index (κ2) is 7.39. The summed E-state index contributed by atoms with van der Waals surface area (Å²) < 4.78 is 11.3. The number of nitrogens with zero attached hydrogens (tertiary/aromatic N) is 4. The lowest BCUT2D eigenvalue weighted by Crippen LogP contribution is -1.97. The molecule has 8 heteroatoms. The lowest BCUT2D eigenvalue weighted by Gasteiger charge is -2.09. The first-order valence-electron chi connectivity index (χ1n) is 7.27. The summed E-state index contributed by atoms with van der Waals surface area (Å²) in [6, 6.07) is 16.7. The maximum absolute atomic E-state index is 9.03. The summed E-state index contributed by atoms with van der Waals surface area (Å²) in [5, 5.41) is 18.2. The summed E-state index contributed by atoms with van der Waals surface area (Å²) in [6.07, 6.45) is 0. The topological polar surface area (TPSA) is 118 Å². The Morgan fingerprint density at radius 3 is 2.12 bits per heavy atom. The molecule has 1 heterocycles. The van der Waals surface area contributed by atoms with E-state index in [4.69, 9.17) is 37.3 Å². The number of nitrogens with two attached hydrogens (primary N) is 1. The fraction of sp³-hybridized carbons (Fsp3) is 0. The molecule has 0 unspecified atom stereocenters. The molecular formula is C18H10ClN5O2. The minimum atomic E-state index is -0.00254. The average Bonchev–Trinajstić information content (AvgIpc) is 2.60. The Bertz CT molecular complexity index is 1000. The van der Waals surface area contributed by atoms with E-state index in [0.29, 0.717) is 28.4 Å². The zero-order valence-corrected chi connectivity index (χ0v) is 13.9. The molecule has 0 aliphatic rings. The molecule has 0 aliphatic heterocycles. The van der Waals surface area contributed by atoms with Gasteiger partial charge in [-0.25, -0.2) is 4.98 Å². The summed E-state index contributed by atoms with van der Waals surface area (Å²) in [5.74, 6) is 1.45. The Balaban J connectivity index is 1.84. The van der Waals surface area contributed by atoms with Crippen LogP contribution in [0, 0.1) is 22.7 Å². The fourth-order valence-corrected chi connectivity index (χ4v) is 2.29. The minimum absolute atomic E-state index is 0.00254. The van der Waals surface area contributed by atoms with Crippen LogP contribution in [0.3, 0.4) is 0 Å². The van der Waals surface area contributed by atoms with Gasteiger partial charge >= 0.3 is 0 Å². The number of nitriles is 2. The standard InChI is InChI=1S/C18H10ClN5O2/c19-16-8-17(24-18(22)23-16)26-14-3-1-2-13(7-14)25-15-5-11(9-20)4-12(6-15)10-21/h1-8H,(H2,22,23,24). The van der Waals surface area contributed by atoms with E-state index in [9.17, 15) is 0 Å². The zero-order chi connectivity index (χ0) is 18.5. The van der Waals surface area contributed by atoms with Crippen molar-refractivity contribution in [3.63, 3.8) is 0 Å². The normalized spacial score (nSPS) is 9.81. The molecule has 0 aliphatic carbocycles. The van der Waals surface area contributed by atoms with E-state index < -0.39 is 0 Å². The summed E-state index contributed by atoms with van der Waals surface area (Å²) in [4.78, 5) is 7.69. The molecule has 7 nitrogen and oxygen atoms in total. The number of halogens is 1. The van der Waals surface area contributed by atoms with Gasteiger partial charge in [-0.3, -0.25) is 0 Å². The van der Waals surface area contributed by atoms with Gasteiger partial charge in [0.05, 0.1) is 23.3 Å². The molecule has 2 aromatic carbocycles. The van der Waals surface area contributed by atoms with Crippen molar-refractivity contribution in [2.75, 3.05) is 5.73 Å². The molecule has 0 bridgehead atoms. The first kappa shape index (κ1) is 17.0. The van der Waals surface area contributed by atoms with Crippen LogP contribution in [0.25, 0.3) is 0 Å². The van der Waals surface area contributed by atoms with E-state index in [1.54, 1.807) is 36.4 Å². The molecule has 1 aromatic heterocycles. The summed E-state index contributed by atoms with van der Waals surface area (Å²) >= 11 is 5.82. The Morgan fingerprint density at radius 2 is 1.50 bits per heavy atom. The molecule has 2 N–H and O–H groups in total. The van der Waals surface area contributed by atoms with Gasteiger partial charge in [-0.2, -0.15) is 15.5 Å². The molecule has 126 valence electrons. The first-order valence-corrected chi connectivity index (χ1v) is 7.64. The minimum Gasteiger partial charge on any atom is -0.457 e. The van der Waals surface area contributed by atoms with Crippen molar-refractivity contribution in [2.45, 2.75) is 0 Å². The maximum atomic E-state index is 9.03. The van der Waals surface area contributed by atoms with Gasteiger partial charge in [0.15, 0.2) is 0 Å². The quantitative estimate of drug-likeness (QED) is 0.695. The molecule has 0 fully saturated rings. The van der Waals surface area contributed by atoms with Gasteiger partial charge < -0.3 is 15.2 Å². The molecular weight excluding hydrogens is 354 g/mol. The number of anilines is 1. The van der Waals surface area contributed by atoms with Crippen molar-refractivity contribution < 1.29 is 9.47 Å². The largest absolute Gasteiger partial charge is 0.457 e. The van der Waals surface area contributed by atoms with E-state index in [0.717, 1.165) is 0 Å². The second-order valence-electron chi connectivity index (χ2n) is 5.04. The number of nitrogen functional groups attached to an aromatic ring is 1.